The number of rotatable bonds is 1. The van der Waals surface area contributed by atoms with Crippen molar-refractivity contribution in [2.45, 2.75) is 0 Å². The van der Waals surface area contributed by atoms with Crippen LogP contribution in [0.25, 0.3) is 11.3 Å². The molecule has 4 heteroatoms. The van der Waals surface area contributed by atoms with Crippen LogP contribution in [0.4, 0.5) is 4.39 Å². The molecule has 0 aliphatic heterocycles. The van der Waals surface area contributed by atoms with Crippen molar-refractivity contribution in [1.82, 2.24) is 9.55 Å². The summed E-state index contributed by atoms with van der Waals surface area (Å²) < 4.78 is 15.4. The van der Waals surface area contributed by atoms with Gasteiger partial charge in [0.25, 0.3) is 0 Å². The molecule has 0 fully saturated rings. The highest BCUT2D eigenvalue weighted by atomic mass is 79.9. The highest BCUT2D eigenvalue weighted by Crippen LogP contribution is 2.26. The third-order valence-corrected chi connectivity index (χ3v) is 2.59. The average Bonchev–Trinajstić information content (AvgIpc) is 2.49. The Balaban J connectivity index is 2.54. The Kier molecular flexibility index (Phi) is 2.37. The number of halogens is 2. The number of imidazole rings is 1. The van der Waals surface area contributed by atoms with Crippen molar-refractivity contribution < 1.29 is 4.39 Å². The van der Waals surface area contributed by atoms with Crippen molar-refractivity contribution >= 4 is 15.9 Å². The fourth-order valence-electron chi connectivity index (χ4n) is 1.33. The van der Waals surface area contributed by atoms with E-state index in [1.165, 1.54) is 12.1 Å². The van der Waals surface area contributed by atoms with E-state index in [4.69, 9.17) is 0 Å². The Morgan fingerprint density at radius 2 is 1.93 bits per heavy atom. The van der Waals surface area contributed by atoms with Crippen molar-refractivity contribution in [1.29, 1.82) is 0 Å². The zero-order chi connectivity index (χ0) is 10.1. The van der Waals surface area contributed by atoms with Crippen LogP contribution in [-0.2, 0) is 7.05 Å². The third-order valence-electron chi connectivity index (χ3n) is 2.01. The summed E-state index contributed by atoms with van der Waals surface area (Å²) >= 11 is 3.35. The summed E-state index contributed by atoms with van der Waals surface area (Å²) in [5, 5.41) is 0. The van der Waals surface area contributed by atoms with Crippen molar-refractivity contribution in [3.05, 3.63) is 41.0 Å². The summed E-state index contributed by atoms with van der Waals surface area (Å²) in [6.07, 6.45) is 1.71. The lowest BCUT2D eigenvalue weighted by molar-refractivity contribution is 0.628. The first kappa shape index (κ1) is 9.40. The molecule has 0 unspecified atom stereocenters. The van der Waals surface area contributed by atoms with Gasteiger partial charge in [0.15, 0.2) is 0 Å². The summed E-state index contributed by atoms with van der Waals surface area (Å²) in [4.78, 5) is 4.10. The second kappa shape index (κ2) is 3.53. The maximum atomic E-state index is 12.7. The molecular weight excluding hydrogens is 247 g/mol. The standard InChI is InChI=1S/C10H8BrFN2/c1-14-6-13-10(11)9(14)7-2-4-8(12)5-3-7/h2-6H,1H3. The third kappa shape index (κ3) is 1.57. The SMILES string of the molecule is Cn1cnc(Br)c1-c1ccc(F)cc1. The van der Waals surface area contributed by atoms with Gasteiger partial charge in [-0.1, -0.05) is 0 Å². The van der Waals surface area contributed by atoms with Crippen LogP contribution in [0.5, 0.6) is 0 Å². The van der Waals surface area contributed by atoms with Crippen LogP contribution < -0.4 is 0 Å². The number of hydrogen-bond donors (Lipinski definition) is 0. The molecule has 0 radical (unpaired) electrons. The van der Waals surface area contributed by atoms with E-state index < -0.39 is 0 Å². The highest BCUT2D eigenvalue weighted by molar-refractivity contribution is 9.10. The van der Waals surface area contributed by atoms with E-state index >= 15 is 0 Å². The van der Waals surface area contributed by atoms with E-state index in [2.05, 4.69) is 20.9 Å². The van der Waals surface area contributed by atoms with Gasteiger partial charge in [-0.05, 0) is 40.2 Å². The van der Waals surface area contributed by atoms with Crippen LogP contribution in [0.1, 0.15) is 0 Å². The molecule has 2 rings (SSSR count). The largest absolute Gasteiger partial charge is 0.333 e. The Labute approximate surface area is 89.5 Å². The number of aryl methyl sites for hydroxylation is 1. The van der Waals surface area contributed by atoms with E-state index in [-0.39, 0.29) is 5.82 Å². The van der Waals surface area contributed by atoms with Gasteiger partial charge in [0, 0.05) is 12.6 Å². The lowest BCUT2D eigenvalue weighted by Gasteiger charge is -2.02. The molecule has 2 aromatic rings. The molecule has 0 saturated heterocycles. The van der Waals surface area contributed by atoms with Crippen LogP contribution in [0.15, 0.2) is 35.2 Å². The molecule has 1 heterocycles. The molecular formula is C10H8BrFN2. The lowest BCUT2D eigenvalue weighted by Crippen LogP contribution is -1.89. The van der Waals surface area contributed by atoms with Gasteiger partial charge in [0.1, 0.15) is 10.4 Å². The molecule has 0 spiro atoms. The molecule has 1 aromatic carbocycles. The molecule has 0 aliphatic rings. The zero-order valence-corrected chi connectivity index (χ0v) is 9.12. The minimum absolute atomic E-state index is 0.230. The van der Waals surface area contributed by atoms with Gasteiger partial charge in [0.05, 0.1) is 12.0 Å². The minimum Gasteiger partial charge on any atom is -0.333 e. The predicted molar refractivity (Wildman–Crippen MR) is 56.3 cm³/mol. The second-order valence-corrected chi connectivity index (χ2v) is 3.75. The van der Waals surface area contributed by atoms with Gasteiger partial charge in [-0.2, -0.15) is 0 Å². The van der Waals surface area contributed by atoms with Crippen LogP contribution in [0.3, 0.4) is 0 Å². The number of nitrogens with zero attached hydrogens (tertiary/aromatic N) is 2. The van der Waals surface area contributed by atoms with Crippen LogP contribution >= 0.6 is 15.9 Å². The smallest absolute Gasteiger partial charge is 0.132 e. The summed E-state index contributed by atoms with van der Waals surface area (Å²) in [5.74, 6) is -0.230. The molecule has 0 aliphatic carbocycles. The number of hydrogen-bond acceptors (Lipinski definition) is 1. The van der Waals surface area contributed by atoms with Gasteiger partial charge < -0.3 is 4.57 Å². The maximum absolute atomic E-state index is 12.7. The van der Waals surface area contributed by atoms with Gasteiger partial charge in [-0.25, -0.2) is 9.37 Å². The molecule has 0 amide bonds. The molecule has 0 N–H and O–H groups in total. The highest BCUT2D eigenvalue weighted by Gasteiger charge is 2.08. The van der Waals surface area contributed by atoms with E-state index in [1.54, 1.807) is 18.5 Å². The molecule has 0 saturated carbocycles. The molecule has 2 nitrogen and oxygen atoms in total. The van der Waals surface area contributed by atoms with Crippen molar-refractivity contribution in [3.63, 3.8) is 0 Å². The van der Waals surface area contributed by atoms with E-state index in [9.17, 15) is 4.39 Å². The molecule has 0 atom stereocenters. The van der Waals surface area contributed by atoms with Gasteiger partial charge in [-0.3, -0.25) is 0 Å². The average molecular weight is 255 g/mol. The van der Waals surface area contributed by atoms with E-state index in [0.29, 0.717) is 0 Å². The Morgan fingerprint density at radius 3 is 2.43 bits per heavy atom. The van der Waals surface area contributed by atoms with Crippen molar-refractivity contribution in [2.75, 3.05) is 0 Å². The normalized spacial score (nSPS) is 10.5. The van der Waals surface area contributed by atoms with Gasteiger partial charge >= 0.3 is 0 Å². The van der Waals surface area contributed by atoms with Crippen molar-refractivity contribution in [2.24, 2.45) is 7.05 Å². The van der Waals surface area contributed by atoms with Gasteiger partial charge in [-0.15, -0.1) is 0 Å². The molecule has 14 heavy (non-hydrogen) atoms. The van der Waals surface area contributed by atoms with E-state index in [1.807, 2.05) is 11.6 Å². The van der Waals surface area contributed by atoms with Gasteiger partial charge in [0.2, 0.25) is 0 Å². The topological polar surface area (TPSA) is 17.8 Å². The summed E-state index contributed by atoms with van der Waals surface area (Å²) in [5.41, 5.74) is 1.89. The minimum atomic E-state index is -0.230. The maximum Gasteiger partial charge on any atom is 0.132 e. The quantitative estimate of drug-likeness (QED) is 0.765. The first-order chi connectivity index (χ1) is 6.68. The molecule has 1 aromatic heterocycles. The number of benzene rings is 1. The Bertz CT molecular complexity index is 428. The number of aromatic nitrogens is 2. The second-order valence-electron chi connectivity index (χ2n) is 3.00. The Morgan fingerprint density at radius 1 is 1.29 bits per heavy atom. The molecule has 0 bridgehead atoms. The Hall–Kier alpha value is -1.16. The summed E-state index contributed by atoms with van der Waals surface area (Å²) in [6.45, 7) is 0. The van der Waals surface area contributed by atoms with Crippen molar-refractivity contribution in [3.8, 4) is 11.3 Å². The summed E-state index contributed by atoms with van der Waals surface area (Å²) in [6, 6.07) is 6.34. The van der Waals surface area contributed by atoms with Crippen LogP contribution in [0, 0.1) is 5.82 Å². The zero-order valence-electron chi connectivity index (χ0n) is 7.54. The van der Waals surface area contributed by atoms with Crippen LogP contribution in [0.2, 0.25) is 0 Å². The fourth-order valence-corrected chi connectivity index (χ4v) is 1.93. The first-order valence-electron chi connectivity index (χ1n) is 4.11. The monoisotopic (exact) mass is 254 g/mol. The lowest BCUT2D eigenvalue weighted by atomic mass is 10.2. The first-order valence-corrected chi connectivity index (χ1v) is 4.90. The fraction of sp³-hybridized carbons (Fsp3) is 0.100. The predicted octanol–water partition coefficient (Wildman–Crippen LogP) is 2.99. The molecule has 72 valence electrons. The van der Waals surface area contributed by atoms with E-state index in [0.717, 1.165) is 15.9 Å². The van der Waals surface area contributed by atoms with Crippen LogP contribution in [-0.4, -0.2) is 9.55 Å². The summed E-state index contributed by atoms with van der Waals surface area (Å²) in [7, 11) is 1.90.